The number of anilines is 1. The molecule has 40 heavy (non-hydrogen) atoms. The number of carboxylic acid groups (broad SMARTS) is 1. The molecule has 1 saturated heterocycles. The fraction of sp³-hybridized carbons (Fsp3) is 0.552. The number of carbonyl (C=O) groups is 2. The second-order valence-electron chi connectivity index (χ2n) is 11.1. The highest BCUT2D eigenvalue weighted by Crippen LogP contribution is 2.25. The van der Waals surface area contributed by atoms with Crippen LogP contribution in [0.3, 0.4) is 0 Å². The van der Waals surface area contributed by atoms with E-state index in [4.69, 9.17) is 4.98 Å². The van der Waals surface area contributed by atoms with Gasteiger partial charge in [0, 0.05) is 25.3 Å². The molecule has 5 rings (SSSR count). The Hall–Kier alpha value is -3.02. The van der Waals surface area contributed by atoms with Gasteiger partial charge in [0.15, 0.2) is 0 Å². The van der Waals surface area contributed by atoms with Gasteiger partial charge in [-0.1, -0.05) is 12.1 Å². The number of aryl methyl sites for hydroxylation is 4. The molecule has 2 aliphatic heterocycles. The van der Waals surface area contributed by atoms with Gasteiger partial charge in [0.2, 0.25) is 15.9 Å². The summed E-state index contributed by atoms with van der Waals surface area (Å²) in [6, 6.07) is 7.75. The number of nitrogens with zero attached hydrogens (tertiary/aromatic N) is 2. The molecule has 3 aliphatic rings. The second-order valence-corrected chi connectivity index (χ2v) is 12.8. The minimum Gasteiger partial charge on any atom is -0.480 e. The molecule has 2 aromatic rings. The Bertz CT molecular complexity index is 1350. The topological polar surface area (TPSA) is 141 Å². The van der Waals surface area contributed by atoms with Crippen LogP contribution >= 0.6 is 0 Å². The summed E-state index contributed by atoms with van der Waals surface area (Å²) in [7, 11) is -4.05. The Morgan fingerprint density at radius 1 is 1.07 bits per heavy atom. The zero-order valence-corrected chi connectivity index (χ0v) is 23.6. The van der Waals surface area contributed by atoms with Crippen molar-refractivity contribution in [1.82, 2.24) is 19.9 Å². The van der Waals surface area contributed by atoms with E-state index in [0.717, 1.165) is 100 Å². The average Bonchev–Trinajstić information content (AvgIpc) is 3.43. The Kier molecular flexibility index (Phi) is 9.02. The molecule has 4 N–H and O–H groups in total. The summed E-state index contributed by atoms with van der Waals surface area (Å²) < 4.78 is 28.1. The van der Waals surface area contributed by atoms with Gasteiger partial charge in [0.25, 0.3) is 0 Å². The highest BCUT2D eigenvalue weighted by molar-refractivity contribution is 7.89. The summed E-state index contributed by atoms with van der Waals surface area (Å²) in [4.78, 5) is 31.9. The van der Waals surface area contributed by atoms with Crippen LogP contribution in [0.5, 0.6) is 0 Å². The minimum atomic E-state index is -4.05. The van der Waals surface area contributed by atoms with Crippen molar-refractivity contribution in [1.29, 1.82) is 0 Å². The van der Waals surface area contributed by atoms with Crippen LogP contribution in [0.15, 0.2) is 35.2 Å². The van der Waals surface area contributed by atoms with Crippen molar-refractivity contribution in [2.75, 3.05) is 38.0 Å². The normalized spacial score (nSPS) is 19.8. The first-order chi connectivity index (χ1) is 19.3. The summed E-state index contributed by atoms with van der Waals surface area (Å²) in [5.41, 5.74) is 4.47. The molecule has 0 unspecified atom stereocenters. The number of hydrogen-bond donors (Lipinski definition) is 4. The number of fused-ring (bicyclic) bond motifs is 2. The molecular weight excluding hydrogens is 530 g/mol. The first-order valence-electron chi connectivity index (χ1n) is 14.4. The summed E-state index contributed by atoms with van der Waals surface area (Å²) in [6.45, 7) is 3.03. The maximum Gasteiger partial charge on any atom is 0.323 e. The number of pyridine rings is 1. The molecule has 0 saturated carbocycles. The molecule has 1 fully saturated rings. The maximum atomic E-state index is 12.9. The van der Waals surface area contributed by atoms with E-state index >= 15 is 0 Å². The zero-order chi connectivity index (χ0) is 28.1. The standard InChI is InChI=1S/C29H39N5O5S/c35-28(31-18-26(29(36)37)33-40(38,39)25-13-11-20-5-1-6-22(20)17-25)23-8-3-15-34(19-23)16-4-9-24-12-10-21-7-2-14-30-27(21)32-24/h10-13,17,23,26,33H,1-9,14-16,18-19H2,(H,30,32)(H,31,35)(H,36,37)/t23-,26+/m1/s1. The summed E-state index contributed by atoms with van der Waals surface area (Å²) >= 11 is 0. The van der Waals surface area contributed by atoms with Gasteiger partial charge in [-0.05, 0) is 106 Å². The van der Waals surface area contributed by atoms with Crippen LogP contribution in [0.4, 0.5) is 5.82 Å². The molecule has 1 aromatic carbocycles. The number of amides is 1. The van der Waals surface area contributed by atoms with E-state index in [1.807, 2.05) is 0 Å². The predicted molar refractivity (Wildman–Crippen MR) is 152 cm³/mol. The number of carboxylic acids is 1. The van der Waals surface area contributed by atoms with Gasteiger partial charge in [-0.2, -0.15) is 4.72 Å². The lowest BCUT2D eigenvalue weighted by Crippen LogP contribution is -2.50. The molecule has 10 nitrogen and oxygen atoms in total. The molecule has 11 heteroatoms. The van der Waals surface area contributed by atoms with Gasteiger partial charge in [-0.3, -0.25) is 9.59 Å². The SMILES string of the molecule is O=C(NC[C@H](NS(=O)(=O)c1ccc2c(c1)CCC2)C(=O)O)[C@@H]1CCCN(CCCc2ccc3c(n2)NCCC3)C1. The van der Waals surface area contributed by atoms with E-state index in [2.05, 4.69) is 32.4 Å². The van der Waals surface area contributed by atoms with E-state index in [-0.39, 0.29) is 23.3 Å². The Morgan fingerprint density at radius 3 is 2.73 bits per heavy atom. The molecule has 1 aliphatic carbocycles. The number of benzene rings is 1. The fourth-order valence-corrected chi connectivity index (χ4v) is 7.20. The number of likely N-dealkylation sites (tertiary alicyclic amines) is 1. The molecule has 1 amide bonds. The molecular formula is C29H39N5O5S. The van der Waals surface area contributed by atoms with E-state index in [9.17, 15) is 23.1 Å². The third kappa shape index (κ3) is 7.00. The highest BCUT2D eigenvalue weighted by atomic mass is 32.2. The largest absolute Gasteiger partial charge is 0.480 e. The fourth-order valence-electron chi connectivity index (χ4n) is 5.96. The summed E-state index contributed by atoms with van der Waals surface area (Å²) in [6.07, 6.45) is 8.34. The highest BCUT2D eigenvalue weighted by Gasteiger charge is 2.30. The summed E-state index contributed by atoms with van der Waals surface area (Å²) in [5, 5.41) is 15.7. The Balaban J connectivity index is 1.09. The number of carbonyl (C=O) groups excluding carboxylic acids is 1. The minimum absolute atomic E-state index is 0.0514. The lowest BCUT2D eigenvalue weighted by Gasteiger charge is -2.32. The smallest absolute Gasteiger partial charge is 0.323 e. The van der Waals surface area contributed by atoms with Gasteiger partial charge in [0.05, 0.1) is 10.8 Å². The van der Waals surface area contributed by atoms with Crippen LogP contribution in [0, 0.1) is 5.92 Å². The molecule has 3 heterocycles. The van der Waals surface area contributed by atoms with Crippen LogP contribution in [0.25, 0.3) is 0 Å². The number of hydrogen-bond acceptors (Lipinski definition) is 7. The van der Waals surface area contributed by atoms with Crippen LogP contribution < -0.4 is 15.4 Å². The quantitative estimate of drug-likeness (QED) is 0.323. The second kappa shape index (κ2) is 12.7. The zero-order valence-electron chi connectivity index (χ0n) is 22.8. The monoisotopic (exact) mass is 569 g/mol. The first-order valence-corrected chi connectivity index (χ1v) is 15.9. The number of rotatable bonds is 11. The van der Waals surface area contributed by atoms with Crippen LogP contribution in [-0.2, 0) is 45.3 Å². The maximum absolute atomic E-state index is 12.9. The molecule has 0 radical (unpaired) electrons. The molecule has 216 valence electrons. The van der Waals surface area contributed by atoms with Gasteiger partial charge < -0.3 is 20.6 Å². The van der Waals surface area contributed by atoms with Crippen LogP contribution in [0.1, 0.15) is 54.5 Å². The van der Waals surface area contributed by atoms with Crippen molar-refractivity contribution in [3.8, 4) is 0 Å². The van der Waals surface area contributed by atoms with Crippen LogP contribution in [0.2, 0.25) is 0 Å². The van der Waals surface area contributed by atoms with Crippen molar-refractivity contribution < 1.29 is 23.1 Å². The Morgan fingerprint density at radius 2 is 1.88 bits per heavy atom. The van der Waals surface area contributed by atoms with E-state index < -0.39 is 22.0 Å². The molecule has 1 aromatic heterocycles. The van der Waals surface area contributed by atoms with Crippen molar-refractivity contribution in [3.05, 3.63) is 52.7 Å². The van der Waals surface area contributed by atoms with Crippen molar-refractivity contribution in [2.45, 2.75) is 68.7 Å². The third-order valence-electron chi connectivity index (χ3n) is 8.19. The lowest BCUT2D eigenvalue weighted by molar-refractivity contribution is -0.139. The van der Waals surface area contributed by atoms with Crippen LogP contribution in [-0.4, -0.2) is 74.1 Å². The van der Waals surface area contributed by atoms with E-state index in [1.165, 1.54) is 11.6 Å². The average molecular weight is 570 g/mol. The van der Waals surface area contributed by atoms with Crippen molar-refractivity contribution in [3.63, 3.8) is 0 Å². The number of aliphatic carboxylic acids is 1. The van der Waals surface area contributed by atoms with Gasteiger partial charge >= 0.3 is 5.97 Å². The number of piperidine rings is 1. The lowest BCUT2D eigenvalue weighted by atomic mass is 9.96. The molecule has 0 bridgehead atoms. The number of aromatic nitrogens is 1. The predicted octanol–water partition coefficient (Wildman–Crippen LogP) is 2.12. The first kappa shape index (κ1) is 28.5. The molecule has 0 spiro atoms. The van der Waals surface area contributed by atoms with Crippen molar-refractivity contribution in [2.24, 2.45) is 5.92 Å². The van der Waals surface area contributed by atoms with Gasteiger partial charge in [0.1, 0.15) is 11.9 Å². The number of nitrogens with one attached hydrogen (secondary N) is 3. The number of sulfonamides is 1. The summed E-state index contributed by atoms with van der Waals surface area (Å²) in [5.74, 6) is -0.827. The van der Waals surface area contributed by atoms with Gasteiger partial charge in [-0.25, -0.2) is 13.4 Å². The van der Waals surface area contributed by atoms with E-state index in [0.29, 0.717) is 6.54 Å². The molecule has 2 atom stereocenters. The third-order valence-corrected chi connectivity index (χ3v) is 9.66. The van der Waals surface area contributed by atoms with Gasteiger partial charge in [-0.15, -0.1) is 0 Å². The van der Waals surface area contributed by atoms with E-state index in [1.54, 1.807) is 12.1 Å². The van der Waals surface area contributed by atoms with Crippen molar-refractivity contribution >= 4 is 27.7 Å². The Labute approximate surface area is 236 Å².